The average Bonchev–Trinajstić information content (AvgIpc) is 3.17. The lowest BCUT2D eigenvalue weighted by Crippen LogP contribution is -2.33. The van der Waals surface area contributed by atoms with Crippen molar-refractivity contribution in [2.75, 3.05) is 11.4 Å². The minimum absolute atomic E-state index is 0.430. The van der Waals surface area contributed by atoms with Crippen LogP contribution in [0.3, 0.4) is 0 Å². The van der Waals surface area contributed by atoms with Gasteiger partial charge in [-0.25, -0.2) is 0 Å². The standard InChI is InChI=1S/C16H15N3S2/c1-11-17-18-16(21-11)19-9-12-5-2-3-6-13(12)14(10-19)15-7-4-8-20-15/h2-8,14H,9-10H2,1H3. The van der Waals surface area contributed by atoms with Crippen LogP contribution in [0, 0.1) is 6.92 Å². The lowest BCUT2D eigenvalue weighted by atomic mass is 9.89. The summed E-state index contributed by atoms with van der Waals surface area (Å²) in [6.45, 7) is 3.91. The van der Waals surface area contributed by atoms with E-state index in [1.165, 1.54) is 16.0 Å². The average molecular weight is 313 g/mol. The fraction of sp³-hybridized carbons (Fsp3) is 0.250. The molecule has 0 saturated heterocycles. The van der Waals surface area contributed by atoms with E-state index in [0.29, 0.717) is 5.92 Å². The summed E-state index contributed by atoms with van der Waals surface area (Å²) in [5.74, 6) is 0.430. The molecule has 3 heterocycles. The number of aromatic nitrogens is 2. The minimum atomic E-state index is 0.430. The fourth-order valence-electron chi connectivity index (χ4n) is 2.90. The van der Waals surface area contributed by atoms with E-state index in [4.69, 9.17) is 0 Å². The van der Waals surface area contributed by atoms with Crippen LogP contribution < -0.4 is 4.90 Å². The van der Waals surface area contributed by atoms with E-state index in [-0.39, 0.29) is 0 Å². The molecule has 3 nitrogen and oxygen atoms in total. The Hall–Kier alpha value is -1.72. The fourth-order valence-corrected chi connectivity index (χ4v) is 4.43. The number of aryl methyl sites for hydroxylation is 1. The highest BCUT2D eigenvalue weighted by Gasteiger charge is 2.28. The predicted molar refractivity (Wildman–Crippen MR) is 88.3 cm³/mol. The third-order valence-corrected chi connectivity index (χ3v) is 5.75. The molecule has 0 N–H and O–H groups in total. The van der Waals surface area contributed by atoms with Gasteiger partial charge in [-0.3, -0.25) is 0 Å². The molecule has 1 unspecified atom stereocenters. The number of hydrogen-bond acceptors (Lipinski definition) is 5. The van der Waals surface area contributed by atoms with Crippen LogP contribution in [0.15, 0.2) is 41.8 Å². The predicted octanol–water partition coefficient (Wildman–Crippen LogP) is 4.06. The van der Waals surface area contributed by atoms with Crippen molar-refractivity contribution in [3.8, 4) is 0 Å². The van der Waals surface area contributed by atoms with E-state index in [2.05, 4.69) is 56.9 Å². The Morgan fingerprint density at radius 3 is 2.81 bits per heavy atom. The maximum absolute atomic E-state index is 4.33. The number of nitrogens with zero attached hydrogens (tertiary/aromatic N) is 3. The second kappa shape index (κ2) is 5.24. The molecule has 5 heteroatoms. The summed E-state index contributed by atoms with van der Waals surface area (Å²) in [5.41, 5.74) is 2.85. The van der Waals surface area contributed by atoms with Crippen molar-refractivity contribution in [3.05, 3.63) is 62.8 Å². The smallest absolute Gasteiger partial charge is 0.208 e. The molecule has 0 spiro atoms. The van der Waals surface area contributed by atoms with Gasteiger partial charge in [-0.05, 0) is 29.5 Å². The number of rotatable bonds is 2. The molecule has 0 saturated carbocycles. The lowest BCUT2D eigenvalue weighted by Gasteiger charge is -2.33. The first-order valence-corrected chi connectivity index (χ1v) is 8.67. The summed E-state index contributed by atoms with van der Waals surface area (Å²) in [6, 6.07) is 13.1. The number of hydrogen-bond donors (Lipinski definition) is 0. The van der Waals surface area contributed by atoms with Crippen molar-refractivity contribution in [1.29, 1.82) is 0 Å². The molecule has 2 aromatic heterocycles. The van der Waals surface area contributed by atoms with Crippen LogP contribution in [0.4, 0.5) is 5.13 Å². The summed E-state index contributed by atoms with van der Waals surface area (Å²) >= 11 is 3.51. The van der Waals surface area contributed by atoms with Crippen LogP contribution in [-0.4, -0.2) is 16.7 Å². The van der Waals surface area contributed by atoms with Gasteiger partial charge in [-0.15, -0.1) is 21.5 Å². The van der Waals surface area contributed by atoms with E-state index in [0.717, 1.165) is 23.2 Å². The van der Waals surface area contributed by atoms with Crippen LogP contribution in [0.5, 0.6) is 0 Å². The van der Waals surface area contributed by atoms with Crippen LogP contribution >= 0.6 is 22.7 Å². The van der Waals surface area contributed by atoms with Gasteiger partial charge in [0.25, 0.3) is 0 Å². The van der Waals surface area contributed by atoms with Crippen LogP contribution in [0.25, 0.3) is 0 Å². The molecule has 21 heavy (non-hydrogen) atoms. The van der Waals surface area contributed by atoms with E-state index in [1.54, 1.807) is 11.3 Å². The Bertz CT molecular complexity index is 748. The minimum Gasteiger partial charge on any atom is -0.341 e. The highest BCUT2D eigenvalue weighted by Crippen LogP contribution is 2.37. The Balaban J connectivity index is 1.76. The summed E-state index contributed by atoms with van der Waals surface area (Å²) in [7, 11) is 0. The van der Waals surface area contributed by atoms with Gasteiger partial charge in [0.05, 0.1) is 0 Å². The molecule has 0 fully saturated rings. The number of thiophene rings is 1. The Kier molecular flexibility index (Phi) is 3.24. The van der Waals surface area contributed by atoms with Gasteiger partial charge in [0.1, 0.15) is 5.01 Å². The molecule has 106 valence electrons. The zero-order valence-corrected chi connectivity index (χ0v) is 13.3. The van der Waals surface area contributed by atoms with Gasteiger partial charge < -0.3 is 4.90 Å². The van der Waals surface area contributed by atoms with Crippen molar-refractivity contribution >= 4 is 27.8 Å². The van der Waals surface area contributed by atoms with Gasteiger partial charge in [0.15, 0.2) is 0 Å². The second-order valence-corrected chi connectivity index (χ2v) is 7.39. The third-order valence-electron chi connectivity index (χ3n) is 3.87. The summed E-state index contributed by atoms with van der Waals surface area (Å²) in [4.78, 5) is 3.78. The van der Waals surface area contributed by atoms with E-state index < -0.39 is 0 Å². The van der Waals surface area contributed by atoms with Gasteiger partial charge in [-0.1, -0.05) is 41.7 Å². The molecule has 1 atom stereocenters. The van der Waals surface area contributed by atoms with Crippen LogP contribution in [0.1, 0.15) is 26.9 Å². The summed E-state index contributed by atoms with van der Waals surface area (Å²) in [6.07, 6.45) is 0. The Morgan fingerprint density at radius 2 is 2.05 bits per heavy atom. The monoisotopic (exact) mass is 313 g/mol. The molecule has 3 aromatic rings. The van der Waals surface area contributed by atoms with Crippen LogP contribution in [-0.2, 0) is 6.54 Å². The van der Waals surface area contributed by atoms with E-state index in [1.807, 2.05) is 18.3 Å². The highest BCUT2D eigenvalue weighted by atomic mass is 32.1. The molecular formula is C16H15N3S2. The molecule has 0 bridgehead atoms. The molecule has 1 aromatic carbocycles. The largest absolute Gasteiger partial charge is 0.341 e. The maximum atomic E-state index is 4.33. The van der Waals surface area contributed by atoms with Crippen molar-refractivity contribution in [2.45, 2.75) is 19.4 Å². The number of anilines is 1. The van der Waals surface area contributed by atoms with Crippen LogP contribution in [0.2, 0.25) is 0 Å². The quantitative estimate of drug-likeness (QED) is 0.714. The normalized spacial score (nSPS) is 17.8. The molecule has 0 aliphatic carbocycles. The van der Waals surface area contributed by atoms with Crippen molar-refractivity contribution < 1.29 is 0 Å². The molecule has 0 amide bonds. The molecule has 1 aliphatic heterocycles. The first kappa shape index (κ1) is 13.0. The van der Waals surface area contributed by atoms with E-state index >= 15 is 0 Å². The SMILES string of the molecule is Cc1nnc(N2Cc3ccccc3C(c3cccs3)C2)s1. The molecule has 1 aliphatic rings. The summed E-state index contributed by atoms with van der Waals surface area (Å²) in [5, 5.41) is 12.7. The van der Waals surface area contributed by atoms with Crippen molar-refractivity contribution in [3.63, 3.8) is 0 Å². The topological polar surface area (TPSA) is 29.0 Å². The molecule has 0 radical (unpaired) electrons. The number of fused-ring (bicyclic) bond motifs is 1. The maximum Gasteiger partial charge on any atom is 0.208 e. The van der Waals surface area contributed by atoms with Crippen molar-refractivity contribution in [2.24, 2.45) is 0 Å². The summed E-state index contributed by atoms with van der Waals surface area (Å²) < 4.78 is 0. The first-order chi connectivity index (χ1) is 10.3. The lowest BCUT2D eigenvalue weighted by molar-refractivity contribution is 0.667. The zero-order chi connectivity index (χ0) is 14.2. The van der Waals surface area contributed by atoms with Gasteiger partial charge in [0, 0.05) is 23.9 Å². The molecular weight excluding hydrogens is 298 g/mol. The number of benzene rings is 1. The van der Waals surface area contributed by atoms with Gasteiger partial charge in [0.2, 0.25) is 5.13 Å². The first-order valence-electron chi connectivity index (χ1n) is 6.97. The second-order valence-electron chi connectivity index (χ2n) is 5.25. The Morgan fingerprint density at radius 1 is 1.14 bits per heavy atom. The molecule has 4 rings (SSSR count). The third kappa shape index (κ3) is 2.36. The van der Waals surface area contributed by atoms with Gasteiger partial charge in [-0.2, -0.15) is 0 Å². The van der Waals surface area contributed by atoms with E-state index in [9.17, 15) is 0 Å². The zero-order valence-electron chi connectivity index (χ0n) is 11.7. The Labute approximate surface area is 131 Å². The van der Waals surface area contributed by atoms with Gasteiger partial charge >= 0.3 is 0 Å². The van der Waals surface area contributed by atoms with Crippen molar-refractivity contribution in [1.82, 2.24) is 10.2 Å². The highest BCUT2D eigenvalue weighted by molar-refractivity contribution is 7.15.